The molecule has 0 amide bonds. The fourth-order valence-electron chi connectivity index (χ4n) is 3.17. The molecule has 2 rings (SSSR count). The fourth-order valence-corrected chi connectivity index (χ4v) is 3.17. The lowest BCUT2D eigenvalue weighted by molar-refractivity contribution is 0.109. The number of benzene rings is 1. The van der Waals surface area contributed by atoms with E-state index < -0.39 is 0 Å². The van der Waals surface area contributed by atoms with Crippen LogP contribution in [0.2, 0.25) is 0 Å². The zero-order valence-corrected chi connectivity index (χ0v) is 12.5. The first kappa shape index (κ1) is 14.5. The molecular formula is C17H28N2. The van der Waals surface area contributed by atoms with Gasteiger partial charge < -0.3 is 5.73 Å². The van der Waals surface area contributed by atoms with Crippen LogP contribution in [0, 0.1) is 11.8 Å². The summed E-state index contributed by atoms with van der Waals surface area (Å²) in [5.41, 5.74) is 7.67. The van der Waals surface area contributed by atoms with Crippen LogP contribution in [0.3, 0.4) is 0 Å². The van der Waals surface area contributed by atoms with Crippen molar-refractivity contribution in [3.8, 4) is 0 Å². The largest absolute Gasteiger partial charge is 0.323 e. The summed E-state index contributed by atoms with van der Waals surface area (Å²) in [7, 11) is 0. The standard InChI is InChI=1S/C17H28N2/c1-13(2)15-9-11-19(12-10-15)14(3)17(18)16-7-5-4-6-8-16/h4-8,13-15,17H,9-12,18H2,1-3H3. The van der Waals surface area contributed by atoms with E-state index in [1.165, 1.54) is 31.5 Å². The molecule has 2 unspecified atom stereocenters. The predicted molar refractivity (Wildman–Crippen MR) is 82.0 cm³/mol. The second kappa shape index (κ2) is 6.53. The first-order valence-corrected chi connectivity index (χ1v) is 7.64. The van der Waals surface area contributed by atoms with Crippen LogP contribution in [0.4, 0.5) is 0 Å². The lowest BCUT2D eigenvalue weighted by Gasteiger charge is -2.39. The Bertz CT molecular complexity index is 366. The third-order valence-corrected chi connectivity index (χ3v) is 4.80. The van der Waals surface area contributed by atoms with Crippen LogP contribution >= 0.6 is 0 Å². The molecule has 106 valence electrons. The van der Waals surface area contributed by atoms with Gasteiger partial charge in [-0.25, -0.2) is 0 Å². The Kier molecular flexibility index (Phi) is 5.00. The number of nitrogens with zero attached hydrogens (tertiary/aromatic N) is 1. The van der Waals surface area contributed by atoms with Crippen molar-refractivity contribution in [3.63, 3.8) is 0 Å². The molecule has 1 aliphatic rings. The van der Waals surface area contributed by atoms with Crippen molar-refractivity contribution < 1.29 is 0 Å². The number of piperidine rings is 1. The van der Waals surface area contributed by atoms with Crippen LogP contribution in [0.1, 0.15) is 45.2 Å². The van der Waals surface area contributed by atoms with Crippen molar-refractivity contribution in [1.29, 1.82) is 0 Å². The molecule has 2 heteroatoms. The van der Waals surface area contributed by atoms with Gasteiger partial charge in [0.05, 0.1) is 0 Å². The highest BCUT2D eigenvalue weighted by atomic mass is 15.2. The third-order valence-electron chi connectivity index (χ3n) is 4.80. The van der Waals surface area contributed by atoms with E-state index in [2.05, 4.69) is 56.0 Å². The minimum Gasteiger partial charge on any atom is -0.323 e. The Morgan fingerprint density at radius 1 is 1.05 bits per heavy atom. The zero-order chi connectivity index (χ0) is 13.8. The van der Waals surface area contributed by atoms with E-state index in [-0.39, 0.29) is 6.04 Å². The molecule has 0 saturated carbocycles. The van der Waals surface area contributed by atoms with Crippen LogP contribution in [-0.4, -0.2) is 24.0 Å². The minimum absolute atomic E-state index is 0.122. The van der Waals surface area contributed by atoms with Gasteiger partial charge in [0.15, 0.2) is 0 Å². The minimum atomic E-state index is 0.122. The quantitative estimate of drug-likeness (QED) is 0.898. The highest BCUT2D eigenvalue weighted by Crippen LogP contribution is 2.28. The number of likely N-dealkylation sites (tertiary alicyclic amines) is 1. The van der Waals surface area contributed by atoms with E-state index in [1.54, 1.807) is 0 Å². The van der Waals surface area contributed by atoms with Crippen molar-refractivity contribution >= 4 is 0 Å². The highest BCUT2D eigenvalue weighted by Gasteiger charge is 2.27. The first-order valence-electron chi connectivity index (χ1n) is 7.64. The van der Waals surface area contributed by atoms with Gasteiger partial charge >= 0.3 is 0 Å². The van der Waals surface area contributed by atoms with E-state index in [0.29, 0.717) is 6.04 Å². The normalized spacial score (nSPS) is 21.5. The topological polar surface area (TPSA) is 29.3 Å². The SMILES string of the molecule is CC(C)C1CCN(C(C)C(N)c2ccccc2)CC1. The molecule has 1 saturated heterocycles. The van der Waals surface area contributed by atoms with Gasteiger partial charge in [-0.3, -0.25) is 4.90 Å². The molecule has 0 aromatic heterocycles. The molecule has 1 aliphatic heterocycles. The molecule has 2 atom stereocenters. The van der Waals surface area contributed by atoms with Gasteiger partial charge in [-0.1, -0.05) is 44.2 Å². The van der Waals surface area contributed by atoms with Gasteiger partial charge in [0.2, 0.25) is 0 Å². The zero-order valence-electron chi connectivity index (χ0n) is 12.5. The summed E-state index contributed by atoms with van der Waals surface area (Å²) in [6.07, 6.45) is 2.65. The lowest BCUT2D eigenvalue weighted by Crippen LogP contribution is -2.45. The summed E-state index contributed by atoms with van der Waals surface area (Å²) in [5.74, 6) is 1.72. The van der Waals surface area contributed by atoms with Gasteiger partial charge in [0.25, 0.3) is 0 Å². The molecular weight excluding hydrogens is 232 g/mol. The molecule has 1 aromatic rings. The van der Waals surface area contributed by atoms with E-state index in [1.807, 2.05) is 0 Å². The molecule has 2 nitrogen and oxygen atoms in total. The average molecular weight is 260 g/mol. The molecule has 1 heterocycles. The number of hydrogen-bond acceptors (Lipinski definition) is 2. The second-order valence-corrected chi connectivity index (χ2v) is 6.29. The van der Waals surface area contributed by atoms with Crippen LogP contribution in [0.15, 0.2) is 30.3 Å². The number of rotatable bonds is 4. The Balaban J connectivity index is 1.92. The van der Waals surface area contributed by atoms with Gasteiger partial charge in [0.1, 0.15) is 0 Å². The van der Waals surface area contributed by atoms with Gasteiger partial charge in [-0.05, 0) is 50.3 Å². The molecule has 2 N–H and O–H groups in total. The smallest absolute Gasteiger partial charge is 0.0450 e. The predicted octanol–water partition coefficient (Wildman–Crippen LogP) is 3.44. The Morgan fingerprint density at radius 3 is 2.16 bits per heavy atom. The van der Waals surface area contributed by atoms with Crippen molar-refractivity contribution in [2.24, 2.45) is 17.6 Å². The number of nitrogens with two attached hydrogens (primary N) is 1. The Hall–Kier alpha value is -0.860. The summed E-state index contributed by atoms with van der Waals surface area (Å²) < 4.78 is 0. The van der Waals surface area contributed by atoms with E-state index in [0.717, 1.165) is 11.8 Å². The van der Waals surface area contributed by atoms with Gasteiger partial charge in [-0.2, -0.15) is 0 Å². The summed E-state index contributed by atoms with van der Waals surface area (Å²) in [6.45, 7) is 9.36. The molecule has 1 fully saturated rings. The molecule has 0 bridgehead atoms. The molecule has 0 aliphatic carbocycles. The average Bonchev–Trinajstić information content (AvgIpc) is 2.46. The molecule has 0 spiro atoms. The van der Waals surface area contributed by atoms with E-state index in [4.69, 9.17) is 5.73 Å². The van der Waals surface area contributed by atoms with Crippen molar-refractivity contribution in [2.45, 2.75) is 45.7 Å². The second-order valence-electron chi connectivity index (χ2n) is 6.29. The maximum absolute atomic E-state index is 6.42. The van der Waals surface area contributed by atoms with Crippen LogP contribution < -0.4 is 5.73 Å². The Labute approximate surface area is 118 Å². The maximum atomic E-state index is 6.42. The van der Waals surface area contributed by atoms with Crippen molar-refractivity contribution in [3.05, 3.63) is 35.9 Å². The van der Waals surface area contributed by atoms with Gasteiger partial charge in [0, 0.05) is 12.1 Å². The molecule has 1 aromatic carbocycles. The fraction of sp³-hybridized carbons (Fsp3) is 0.647. The monoisotopic (exact) mass is 260 g/mol. The third kappa shape index (κ3) is 3.58. The van der Waals surface area contributed by atoms with E-state index in [9.17, 15) is 0 Å². The van der Waals surface area contributed by atoms with Crippen molar-refractivity contribution in [2.75, 3.05) is 13.1 Å². The van der Waals surface area contributed by atoms with Crippen LogP contribution in [0.5, 0.6) is 0 Å². The van der Waals surface area contributed by atoms with Gasteiger partial charge in [-0.15, -0.1) is 0 Å². The lowest BCUT2D eigenvalue weighted by atomic mass is 9.85. The van der Waals surface area contributed by atoms with E-state index >= 15 is 0 Å². The van der Waals surface area contributed by atoms with Crippen LogP contribution in [0.25, 0.3) is 0 Å². The first-order chi connectivity index (χ1) is 9.09. The Morgan fingerprint density at radius 2 is 1.63 bits per heavy atom. The maximum Gasteiger partial charge on any atom is 0.0450 e. The highest BCUT2D eigenvalue weighted by molar-refractivity contribution is 5.19. The summed E-state index contributed by atoms with van der Waals surface area (Å²) in [4.78, 5) is 2.57. The summed E-state index contributed by atoms with van der Waals surface area (Å²) in [6, 6.07) is 11.0. The summed E-state index contributed by atoms with van der Waals surface area (Å²) in [5, 5.41) is 0. The summed E-state index contributed by atoms with van der Waals surface area (Å²) >= 11 is 0. The molecule has 19 heavy (non-hydrogen) atoms. The number of hydrogen-bond donors (Lipinski definition) is 1. The molecule has 0 radical (unpaired) electrons. The van der Waals surface area contributed by atoms with Crippen LogP contribution in [-0.2, 0) is 0 Å². The van der Waals surface area contributed by atoms with Crippen molar-refractivity contribution in [1.82, 2.24) is 4.90 Å².